The van der Waals surface area contributed by atoms with Gasteiger partial charge >= 0.3 is 0 Å². The van der Waals surface area contributed by atoms with E-state index in [-0.39, 0.29) is 5.91 Å². The third-order valence-corrected chi connectivity index (χ3v) is 4.37. The summed E-state index contributed by atoms with van der Waals surface area (Å²) in [5, 5.41) is 0. The summed E-state index contributed by atoms with van der Waals surface area (Å²) in [6, 6.07) is 13.1. The minimum atomic E-state index is -0.00260. The topological polar surface area (TPSA) is 46.3 Å². The van der Waals surface area contributed by atoms with Crippen LogP contribution >= 0.6 is 15.9 Å². The molecule has 0 heterocycles. The highest BCUT2D eigenvalue weighted by molar-refractivity contribution is 9.10. The zero-order chi connectivity index (χ0) is 15.4. The highest BCUT2D eigenvalue weighted by atomic mass is 79.9. The molecule has 2 aromatic carbocycles. The SMILES string of the molecule is CCCN(C(=O)c1cccc(C)c1Br)c1ccc(N)cc1. The summed E-state index contributed by atoms with van der Waals surface area (Å²) in [6.45, 7) is 4.71. The van der Waals surface area contributed by atoms with E-state index in [0.717, 1.165) is 22.1 Å². The van der Waals surface area contributed by atoms with Crippen molar-refractivity contribution in [3.05, 3.63) is 58.1 Å². The van der Waals surface area contributed by atoms with Gasteiger partial charge in [0.2, 0.25) is 0 Å². The number of benzene rings is 2. The van der Waals surface area contributed by atoms with Crippen molar-refractivity contribution in [2.75, 3.05) is 17.2 Å². The molecule has 0 saturated heterocycles. The maximum Gasteiger partial charge on any atom is 0.259 e. The van der Waals surface area contributed by atoms with Crippen LogP contribution in [0.2, 0.25) is 0 Å². The predicted molar refractivity (Wildman–Crippen MR) is 91.7 cm³/mol. The van der Waals surface area contributed by atoms with Gasteiger partial charge in [0.05, 0.1) is 5.56 Å². The predicted octanol–water partition coefficient (Wildman–Crippen LogP) is 4.40. The molecule has 110 valence electrons. The Hall–Kier alpha value is -1.81. The summed E-state index contributed by atoms with van der Waals surface area (Å²) >= 11 is 3.52. The number of anilines is 2. The molecule has 0 bridgehead atoms. The molecule has 0 saturated carbocycles. The van der Waals surface area contributed by atoms with Crippen molar-refractivity contribution in [3.8, 4) is 0 Å². The van der Waals surface area contributed by atoms with Crippen LogP contribution in [-0.2, 0) is 0 Å². The highest BCUT2D eigenvalue weighted by Gasteiger charge is 2.19. The quantitative estimate of drug-likeness (QED) is 0.834. The largest absolute Gasteiger partial charge is 0.399 e. The Morgan fingerprint density at radius 1 is 1.19 bits per heavy atom. The summed E-state index contributed by atoms with van der Waals surface area (Å²) in [7, 11) is 0. The van der Waals surface area contributed by atoms with Gasteiger partial charge in [-0.05, 0) is 65.2 Å². The van der Waals surface area contributed by atoms with E-state index in [2.05, 4.69) is 22.9 Å². The lowest BCUT2D eigenvalue weighted by Gasteiger charge is -2.23. The average Bonchev–Trinajstić information content (AvgIpc) is 2.48. The van der Waals surface area contributed by atoms with Crippen molar-refractivity contribution in [2.45, 2.75) is 20.3 Å². The van der Waals surface area contributed by atoms with E-state index < -0.39 is 0 Å². The van der Waals surface area contributed by atoms with Crippen LogP contribution < -0.4 is 10.6 Å². The second kappa shape index (κ2) is 6.76. The summed E-state index contributed by atoms with van der Waals surface area (Å²) in [6.07, 6.45) is 0.888. The second-order valence-corrected chi connectivity index (χ2v) is 5.78. The van der Waals surface area contributed by atoms with Crippen LogP contribution in [0.25, 0.3) is 0 Å². The summed E-state index contributed by atoms with van der Waals surface area (Å²) in [5.74, 6) is -0.00260. The number of carbonyl (C=O) groups excluding carboxylic acids is 1. The third kappa shape index (κ3) is 3.45. The zero-order valence-corrected chi connectivity index (χ0v) is 13.9. The number of nitrogens with two attached hydrogens (primary N) is 1. The minimum Gasteiger partial charge on any atom is -0.399 e. The zero-order valence-electron chi connectivity index (χ0n) is 12.3. The van der Waals surface area contributed by atoms with Crippen molar-refractivity contribution in [1.82, 2.24) is 0 Å². The molecule has 0 atom stereocenters. The van der Waals surface area contributed by atoms with Crippen molar-refractivity contribution >= 4 is 33.2 Å². The maximum absolute atomic E-state index is 12.9. The monoisotopic (exact) mass is 346 g/mol. The van der Waals surface area contributed by atoms with Gasteiger partial charge in [-0.2, -0.15) is 0 Å². The van der Waals surface area contributed by atoms with Gasteiger partial charge in [-0.1, -0.05) is 19.1 Å². The maximum atomic E-state index is 12.9. The number of halogens is 1. The fourth-order valence-electron chi connectivity index (χ4n) is 2.18. The number of carbonyl (C=O) groups is 1. The molecule has 21 heavy (non-hydrogen) atoms. The van der Waals surface area contributed by atoms with Crippen LogP contribution in [0.4, 0.5) is 11.4 Å². The van der Waals surface area contributed by atoms with Gasteiger partial charge in [0.1, 0.15) is 0 Å². The van der Waals surface area contributed by atoms with Gasteiger partial charge in [0.15, 0.2) is 0 Å². The number of nitrogen functional groups attached to an aromatic ring is 1. The number of hydrogen-bond acceptors (Lipinski definition) is 2. The summed E-state index contributed by atoms with van der Waals surface area (Å²) in [5.41, 5.74) is 9.01. The summed E-state index contributed by atoms with van der Waals surface area (Å²) in [4.78, 5) is 14.6. The molecule has 3 nitrogen and oxygen atoms in total. The molecule has 0 unspecified atom stereocenters. The first-order valence-corrected chi connectivity index (χ1v) is 7.76. The first kappa shape index (κ1) is 15.6. The molecular formula is C17H19BrN2O. The van der Waals surface area contributed by atoms with Gasteiger partial charge in [0, 0.05) is 22.4 Å². The number of rotatable bonds is 4. The fourth-order valence-corrected chi connectivity index (χ4v) is 2.62. The molecule has 0 aliphatic heterocycles. The Kier molecular flexibility index (Phi) is 5.02. The Morgan fingerprint density at radius 3 is 2.48 bits per heavy atom. The lowest BCUT2D eigenvalue weighted by atomic mass is 10.1. The molecule has 2 N–H and O–H groups in total. The lowest BCUT2D eigenvalue weighted by Crippen LogP contribution is -2.32. The molecule has 1 amide bonds. The van der Waals surface area contributed by atoms with E-state index >= 15 is 0 Å². The van der Waals surface area contributed by atoms with Crippen molar-refractivity contribution in [3.63, 3.8) is 0 Å². The molecule has 2 rings (SSSR count). The standard InChI is InChI=1S/C17H19BrN2O/c1-3-11-20(14-9-7-13(19)8-10-14)17(21)15-6-4-5-12(2)16(15)18/h4-10H,3,11,19H2,1-2H3. The normalized spacial score (nSPS) is 10.4. The van der Waals surface area contributed by atoms with Crippen molar-refractivity contribution in [2.24, 2.45) is 0 Å². The highest BCUT2D eigenvalue weighted by Crippen LogP contribution is 2.25. The van der Waals surface area contributed by atoms with Gasteiger partial charge < -0.3 is 10.6 Å². The number of amides is 1. The van der Waals surface area contributed by atoms with Gasteiger partial charge in [0.25, 0.3) is 5.91 Å². The van der Waals surface area contributed by atoms with Gasteiger partial charge in [-0.25, -0.2) is 0 Å². The van der Waals surface area contributed by atoms with E-state index in [1.54, 1.807) is 4.90 Å². The van der Waals surface area contributed by atoms with Crippen molar-refractivity contribution < 1.29 is 4.79 Å². The molecule has 2 aromatic rings. The van der Waals surface area contributed by atoms with E-state index in [9.17, 15) is 4.79 Å². The summed E-state index contributed by atoms with van der Waals surface area (Å²) < 4.78 is 0.853. The molecular weight excluding hydrogens is 328 g/mol. The third-order valence-electron chi connectivity index (χ3n) is 3.32. The van der Waals surface area contributed by atoms with Gasteiger partial charge in [-0.3, -0.25) is 4.79 Å². The Labute approximate surface area is 133 Å². The van der Waals surface area contributed by atoms with Crippen LogP contribution in [0.3, 0.4) is 0 Å². The first-order valence-electron chi connectivity index (χ1n) is 6.97. The molecule has 0 aliphatic rings. The molecule has 0 aliphatic carbocycles. The van der Waals surface area contributed by atoms with Crippen molar-refractivity contribution in [1.29, 1.82) is 0 Å². The fraction of sp³-hybridized carbons (Fsp3) is 0.235. The second-order valence-electron chi connectivity index (χ2n) is 4.98. The Balaban J connectivity index is 2.40. The number of hydrogen-bond donors (Lipinski definition) is 1. The van der Waals surface area contributed by atoms with Crippen LogP contribution in [0.1, 0.15) is 29.3 Å². The minimum absolute atomic E-state index is 0.00260. The number of aryl methyl sites for hydroxylation is 1. The molecule has 4 heteroatoms. The van der Waals surface area contributed by atoms with Crippen LogP contribution in [0.5, 0.6) is 0 Å². The molecule has 0 radical (unpaired) electrons. The number of nitrogens with zero attached hydrogens (tertiary/aromatic N) is 1. The molecule has 0 spiro atoms. The lowest BCUT2D eigenvalue weighted by molar-refractivity contribution is 0.0986. The van der Waals surface area contributed by atoms with Gasteiger partial charge in [-0.15, -0.1) is 0 Å². The first-order chi connectivity index (χ1) is 10.0. The average molecular weight is 347 g/mol. The smallest absolute Gasteiger partial charge is 0.259 e. The Morgan fingerprint density at radius 2 is 1.86 bits per heavy atom. The Bertz CT molecular complexity index is 638. The van der Waals surface area contributed by atoms with E-state index in [0.29, 0.717) is 17.8 Å². The van der Waals surface area contributed by atoms with E-state index in [1.807, 2.05) is 49.4 Å². The van der Waals surface area contributed by atoms with Crippen LogP contribution in [-0.4, -0.2) is 12.5 Å². The van der Waals surface area contributed by atoms with E-state index in [4.69, 9.17) is 5.73 Å². The molecule has 0 aromatic heterocycles. The van der Waals surface area contributed by atoms with Crippen LogP contribution in [0, 0.1) is 6.92 Å². The molecule has 0 fully saturated rings. The van der Waals surface area contributed by atoms with E-state index in [1.165, 1.54) is 0 Å². The van der Waals surface area contributed by atoms with Crippen LogP contribution in [0.15, 0.2) is 46.9 Å².